The first-order valence-corrected chi connectivity index (χ1v) is 19.2. The number of fused-ring (bicyclic) bond motifs is 1. The highest BCUT2D eigenvalue weighted by Gasteiger charge is 2.44. The fourth-order valence-electron chi connectivity index (χ4n) is 6.98. The van der Waals surface area contributed by atoms with Gasteiger partial charge in [0.1, 0.15) is 12.4 Å². The molecule has 3 aromatic rings. The van der Waals surface area contributed by atoms with Crippen molar-refractivity contribution >= 4 is 21.7 Å². The summed E-state index contributed by atoms with van der Waals surface area (Å²) < 4.78 is 59.4. The van der Waals surface area contributed by atoms with E-state index in [0.29, 0.717) is 33.0 Å². The molecule has 1 saturated heterocycles. The Morgan fingerprint density at radius 2 is 1.86 bits per heavy atom. The molecule has 3 aromatic carbocycles. The molecule has 0 unspecified atom stereocenters. The SMILES string of the molecule is CCO[C@H](C)COCc1ccccc1[C@H]1C[C@H](CC(=O)O)N(S(=O)(=O)c2ccc(C)cc2)C[C@@H]1OCc1ccc2c(c1)N(CCCOC)CCO2. The van der Waals surface area contributed by atoms with Crippen LogP contribution in [0.2, 0.25) is 0 Å². The van der Waals surface area contributed by atoms with E-state index in [1.165, 1.54) is 4.31 Å². The van der Waals surface area contributed by atoms with E-state index in [9.17, 15) is 18.3 Å². The van der Waals surface area contributed by atoms with Gasteiger partial charge in [0.15, 0.2) is 0 Å². The van der Waals surface area contributed by atoms with E-state index in [2.05, 4.69) is 11.0 Å². The van der Waals surface area contributed by atoms with Crippen molar-refractivity contribution in [3.63, 3.8) is 0 Å². The van der Waals surface area contributed by atoms with Gasteiger partial charge in [-0.2, -0.15) is 4.31 Å². The highest BCUT2D eigenvalue weighted by Crippen LogP contribution is 2.40. The van der Waals surface area contributed by atoms with Gasteiger partial charge in [0.05, 0.1) is 55.6 Å². The molecule has 51 heavy (non-hydrogen) atoms. The van der Waals surface area contributed by atoms with Crippen molar-refractivity contribution in [2.75, 3.05) is 58.1 Å². The third-order valence-electron chi connectivity index (χ3n) is 9.52. The Balaban J connectivity index is 1.46. The van der Waals surface area contributed by atoms with Crippen LogP contribution < -0.4 is 9.64 Å². The Hall–Kier alpha value is -3.52. The van der Waals surface area contributed by atoms with Gasteiger partial charge in [-0.05, 0) is 74.6 Å². The number of aryl methyl sites for hydroxylation is 1. The smallest absolute Gasteiger partial charge is 0.304 e. The van der Waals surface area contributed by atoms with E-state index in [1.807, 2.05) is 57.2 Å². The molecule has 5 rings (SSSR count). The maximum absolute atomic E-state index is 14.2. The van der Waals surface area contributed by atoms with Crippen molar-refractivity contribution in [2.24, 2.45) is 0 Å². The Bertz CT molecular complexity index is 1680. The third kappa shape index (κ3) is 10.1. The first kappa shape index (κ1) is 38.7. The van der Waals surface area contributed by atoms with Gasteiger partial charge >= 0.3 is 5.97 Å². The van der Waals surface area contributed by atoms with Gasteiger partial charge in [-0.15, -0.1) is 0 Å². The highest BCUT2D eigenvalue weighted by molar-refractivity contribution is 7.89. The first-order valence-electron chi connectivity index (χ1n) is 17.8. The minimum atomic E-state index is -4.05. The number of benzene rings is 3. The molecule has 0 amide bonds. The Labute approximate surface area is 302 Å². The first-order chi connectivity index (χ1) is 24.6. The van der Waals surface area contributed by atoms with Gasteiger partial charge in [0.25, 0.3) is 0 Å². The van der Waals surface area contributed by atoms with Crippen molar-refractivity contribution in [1.29, 1.82) is 0 Å². The number of aliphatic carboxylic acids is 1. The number of carboxylic acid groups (broad SMARTS) is 1. The molecular weight excluding hydrogens is 673 g/mol. The fraction of sp³-hybridized carbons (Fsp3) is 0.513. The number of carboxylic acids is 1. The molecule has 1 fully saturated rings. The fourth-order valence-corrected chi connectivity index (χ4v) is 8.62. The van der Waals surface area contributed by atoms with Crippen LogP contribution in [0.15, 0.2) is 71.6 Å². The number of hydrogen-bond donors (Lipinski definition) is 1. The highest BCUT2D eigenvalue weighted by atomic mass is 32.2. The molecule has 4 atom stereocenters. The number of carbonyl (C=O) groups is 1. The number of piperidine rings is 1. The molecule has 0 aliphatic carbocycles. The lowest BCUT2D eigenvalue weighted by atomic mass is 9.81. The second kappa shape index (κ2) is 18.3. The molecule has 2 aliphatic rings. The number of rotatable bonds is 18. The lowest BCUT2D eigenvalue weighted by Crippen LogP contribution is -2.53. The Morgan fingerprint density at radius 1 is 1.08 bits per heavy atom. The summed E-state index contributed by atoms with van der Waals surface area (Å²) >= 11 is 0. The molecular formula is C39H52N2O9S. The number of sulfonamides is 1. The summed E-state index contributed by atoms with van der Waals surface area (Å²) in [6.07, 6.45) is 0.175. The molecule has 0 radical (unpaired) electrons. The molecule has 2 aliphatic heterocycles. The van der Waals surface area contributed by atoms with Crippen LogP contribution in [-0.2, 0) is 47.0 Å². The largest absolute Gasteiger partial charge is 0.490 e. The lowest BCUT2D eigenvalue weighted by molar-refractivity contribution is -0.138. The van der Waals surface area contributed by atoms with Gasteiger partial charge < -0.3 is 33.7 Å². The molecule has 1 N–H and O–H groups in total. The van der Waals surface area contributed by atoms with E-state index in [-0.39, 0.29) is 42.9 Å². The number of ether oxygens (including phenoxy) is 5. The summed E-state index contributed by atoms with van der Waals surface area (Å²) in [5.41, 5.74) is 4.75. The number of methoxy groups -OCH3 is 1. The molecule has 12 heteroatoms. The summed E-state index contributed by atoms with van der Waals surface area (Å²) in [6, 6.07) is 19.8. The van der Waals surface area contributed by atoms with Crippen LogP contribution >= 0.6 is 0 Å². The van der Waals surface area contributed by atoms with Crippen molar-refractivity contribution in [1.82, 2.24) is 4.31 Å². The predicted molar refractivity (Wildman–Crippen MR) is 195 cm³/mol. The van der Waals surface area contributed by atoms with E-state index in [0.717, 1.165) is 53.2 Å². The zero-order valence-electron chi connectivity index (χ0n) is 30.2. The molecule has 2 heterocycles. The average Bonchev–Trinajstić information content (AvgIpc) is 3.11. The van der Waals surface area contributed by atoms with Crippen LogP contribution in [0.3, 0.4) is 0 Å². The van der Waals surface area contributed by atoms with Gasteiger partial charge in [0.2, 0.25) is 10.0 Å². The zero-order chi connectivity index (χ0) is 36.4. The van der Waals surface area contributed by atoms with Crippen LogP contribution in [-0.4, -0.2) is 95.2 Å². The van der Waals surface area contributed by atoms with Crippen molar-refractivity contribution < 1.29 is 42.0 Å². The van der Waals surface area contributed by atoms with E-state index in [4.69, 9.17) is 23.7 Å². The molecule has 0 saturated carbocycles. The number of nitrogens with zero attached hydrogens (tertiary/aromatic N) is 2. The lowest BCUT2D eigenvalue weighted by Gasteiger charge is -2.43. The molecule has 278 valence electrons. The minimum Gasteiger partial charge on any atom is -0.490 e. The normalized spacial score (nSPS) is 20.1. The van der Waals surface area contributed by atoms with Gasteiger partial charge in [-0.25, -0.2) is 8.42 Å². The summed E-state index contributed by atoms with van der Waals surface area (Å²) in [5, 5.41) is 9.98. The monoisotopic (exact) mass is 724 g/mol. The quantitative estimate of drug-likeness (QED) is 0.162. The number of hydrogen-bond acceptors (Lipinski definition) is 9. The summed E-state index contributed by atoms with van der Waals surface area (Å²) in [6.45, 7) is 10.2. The molecule has 0 bridgehead atoms. The zero-order valence-corrected chi connectivity index (χ0v) is 31.0. The Kier molecular flexibility index (Phi) is 13.9. The molecule has 11 nitrogen and oxygen atoms in total. The van der Waals surface area contributed by atoms with Crippen molar-refractivity contribution in [3.05, 3.63) is 89.0 Å². The van der Waals surface area contributed by atoms with Gasteiger partial charge in [0, 0.05) is 45.4 Å². The summed E-state index contributed by atoms with van der Waals surface area (Å²) in [5.74, 6) is -0.540. The minimum absolute atomic E-state index is 0.00736. The van der Waals surface area contributed by atoms with Crippen LogP contribution in [0.4, 0.5) is 5.69 Å². The topological polar surface area (TPSA) is 124 Å². The van der Waals surface area contributed by atoms with Crippen LogP contribution in [0.25, 0.3) is 0 Å². The second-order valence-electron chi connectivity index (χ2n) is 13.3. The van der Waals surface area contributed by atoms with E-state index >= 15 is 0 Å². The van der Waals surface area contributed by atoms with E-state index in [1.54, 1.807) is 31.4 Å². The summed E-state index contributed by atoms with van der Waals surface area (Å²) in [7, 11) is -2.35. The van der Waals surface area contributed by atoms with Crippen LogP contribution in [0.1, 0.15) is 61.3 Å². The predicted octanol–water partition coefficient (Wildman–Crippen LogP) is 5.78. The maximum atomic E-state index is 14.2. The third-order valence-corrected chi connectivity index (χ3v) is 11.5. The molecule has 0 spiro atoms. The Morgan fingerprint density at radius 3 is 2.61 bits per heavy atom. The average molecular weight is 725 g/mol. The standard InChI is InChI=1S/C39H52N2O9S/c1-5-48-29(3)25-47-27-31-9-6-7-10-34(31)35-22-32(23-39(42)43)41(51(44,45)33-14-11-28(2)12-15-33)24-38(35)50-26-30-13-16-37-36(21-30)40(18-20-49-37)17-8-19-46-4/h6-7,9-16,21,29,32,35,38H,5,8,17-20,22-27H2,1-4H3,(H,42,43)/t29-,32-,35-,38+/m1/s1. The van der Waals surface area contributed by atoms with E-state index < -0.39 is 28.1 Å². The number of anilines is 1. The van der Waals surface area contributed by atoms with Crippen molar-refractivity contribution in [2.45, 2.75) is 82.3 Å². The second-order valence-corrected chi connectivity index (χ2v) is 15.2. The van der Waals surface area contributed by atoms with Crippen LogP contribution in [0, 0.1) is 6.92 Å². The van der Waals surface area contributed by atoms with Gasteiger partial charge in [-0.1, -0.05) is 48.0 Å². The van der Waals surface area contributed by atoms with Gasteiger partial charge in [-0.3, -0.25) is 4.79 Å². The van der Waals surface area contributed by atoms with Crippen molar-refractivity contribution in [3.8, 4) is 5.75 Å². The molecule has 0 aromatic heterocycles. The van der Waals surface area contributed by atoms with Crippen LogP contribution in [0.5, 0.6) is 5.75 Å². The maximum Gasteiger partial charge on any atom is 0.304 e. The summed E-state index contributed by atoms with van der Waals surface area (Å²) in [4.78, 5) is 14.6.